The molecule has 0 fully saturated rings. The van der Waals surface area contributed by atoms with Gasteiger partial charge in [-0.15, -0.1) is 0 Å². The van der Waals surface area contributed by atoms with E-state index in [1.54, 1.807) is 38.1 Å². The van der Waals surface area contributed by atoms with Crippen LogP contribution in [0.2, 0.25) is 0 Å². The van der Waals surface area contributed by atoms with Gasteiger partial charge in [0.15, 0.2) is 6.61 Å². The second-order valence-corrected chi connectivity index (χ2v) is 4.10. The lowest BCUT2D eigenvalue weighted by molar-refractivity contribution is -0.122. The molecule has 0 saturated heterocycles. The number of hydrogen-bond donors (Lipinski definition) is 2. The first kappa shape index (κ1) is 14.5. The summed E-state index contributed by atoms with van der Waals surface area (Å²) in [7, 11) is 0. The summed E-state index contributed by atoms with van der Waals surface area (Å²) in [4.78, 5) is 22.6. The third-order valence-corrected chi connectivity index (χ3v) is 2.03. The lowest BCUT2D eigenvalue weighted by atomic mass is 10.2. The maximum Gasteiger partial charge on any atom is 0.321 e. The zero-order valence-electron chi connectivity index (χ0n) is 10.8. The zero-order chi connectivity index (χ0) is 14.3. The highest BCUT2D eigenvalue weighted by Gasteiger charge is 2.09. The van der Waals surface area contributed by atoms with Crippen LogP contribution in [0.5, 0.6) is 5.75 Å². The summed E-state index contributed by atoms with van der Waals surface area (Å²) in [6.07, 6.45) is 0. The van der Waals surface area contributed by atoms with Gasteiger partial charge in [0.05, 0.1) is 11.6 Å². The number of carbonyl (C=O) groups excluding carboxylic acids is 2. The van der Waals surface area contributed by atoms with Crippen molar-refractivity contribution in [3.8, 4) is 11.8 Å². The molecule has 0 radical (unpaired) electrons. The summed E-state index contributed by atoms with van der Waals surface area (Å²) < 4.78 is 5.17. The van der Waals surface area contributed by atoms with Crippen LogP contribution >= 0.6 is 0 Å². The van der Waals surface area contributed by atoms with Crippen LogP contribution in [-0.2, 0) is 4.79 Å². The molecule has 0 aliphatic carbocycles. The third-order valence-electron chi connectivity index (χ3n) is 2.03. The Bertz CT molecular complexity index is 489. The van der Waals surface area contributed by atoms with Gasteiger partial charge in [-0.3, -0.25) is 10.1 Å². The Morgan fingerprint density at radius 1 is 1.32 bits per heavy atom. The molecule has 6 heteroatoms. The maximum atomic E-state index is 11.4. The molecule has 6 nitrogen and oxygen atoms in total. The number of nitriles is 1. The second-order valence-electron chi connectivity index (χ2n) is 4.10. The van der Waals surface area contributed by atoms with Crippen LogP contribution in [0.15, 0.2) is 24.3 Å². The van der Waals surface area contributed by atoms with Gasteiger partial charge in [0.2, 0.25) is 0 Å². The van der Waals surface area contributed by atoms with Crippen LogP contribution in [0.3, 0.4) is 0 Å². The molecule has 1 aromatic carbocycles. The predicted molar refractivity (Wildman–Crippen MR) is 68.5 cm³/mol. The van der Waals surface area contributed by atoms with E-state index in [1.165, 1.54) is 0 Å². The molecule has 3 amide bonds. The number of ether oxygens (including phenoxy) is 1. The molecule has 0 aliphatic heterocycles. The van der Waals surface area contributed by atoms with Gasteiger partial charge in [-0.1, -0.05) is 0 Å². The smallest absolute Gasteiger partial charge is 0.321 e. The molecular formula is C13H15N3O3. The Balaban J connectivity index is 2.37. The summed E-state index contributed by atoms with van der Waals surface area (Å²) in [6, 6.07) is 7.71. The number of rotatable bonds is 4. The molecule has 0 aromatic heterocycles. The monoisotopic (exact) mass is 261 g/mol. The number of urea groups is 1. The standard InChI is InChI=1S/C13H15N3O3/c1-9(2)15-13(18)16-12(17)8-19-11-5-3-10(7-14)4-6-11/h3-6,9H,8H2,1-2H3,(H2,15,16,17,18). The molecular weight excluding hydrogens is 246 g/mol. The Morgan fingerprint density at radius 3 is 2.47 bits per heavy atom. The largest absolute Gasteiger partial charge is 0.484 e. The van der Waals surface area contributed by atoms with E-state index < -0.39 is 11.9 Å². The van der Waals surface area contributed by atoms with Crippen molar-refractivity contribution in [1.82, 2.24) is 10.6 Å². The normalized spacial score (nSPS) is 9.58. The minimum atomic E-state index is -0.552. The number of carbonyl (C=O) groups is 2. The van der Waals surface area contributed by atoms with Crippen LogP contribution < -0.4 is 15.4 Å². The van der Waals surface area contributed by atoms with Gasteiger partial charge in [-0.25, -0.2) is 4.79 Å². The molecule has 100 valence electrons. The minimum Gasteiger partial charge on any atom is -0.484 e. The number of benzene rings is 1. The van der Waals surface area contributed by atoms with Gasteiger partial charge in [-0.2, -0.15) is 5.26 Å². The quantitative estimate of drug-likeness (QED) is 0.851. The molecule has 0 heterocycles. The third kappa shape index (κ3) is 5.55. The highest BCUT2D eigenvalue weighted by Crippen LogP contribution is 2.10. The van der Waals surface area contributed by atoms with Gasteiger partial charge >= 0.3 is 6.03 Å². The fourth-order valence-corrected chi connectivity index (χ4v) is 1.24. The van der Waals surface area contributed by atoms with Gasteiger partial charge < -0.3 is 10.1 Å². The molecule has 19 heavy (non-hydrogen) atoms. The highest BCUT2D eigenvalue weighted by atomic mass is 16.5. The summed E-state index contributed by atoms with van der Waals surface area (Å²) in [5.41, 5.74) is 0.508. The molecule has 0 unspecified atom stereocenters. The van der Waals surface area contributed by atoms with Crippen molar-refractivity contribution < 1.29 is 14.3 Å². The van der Waals surface area contributed by atoms with Crippen molar-refractivity contribution >= 4 is 11.9 Å². The minimum absolute atomic E-state index is 0.0488. The van der Waals surface area contributed by atoms with Crippen molar-refractivity contribution in [2.75, 3.05) is 6.61 Å². The Kier molecular flexibility index (Phi) is 5.35. The van der Waals surface area contributed by atoms with Crippen LogP contribution in [-0.4, -0.2) is 24.6 Å². The predicted octanol–water partition coefficient (Wildman–Crippen LogP) is 1.17. The van der Waals surface area contributed by atoms with Gasteiger partial charge in [-0.05, 0) is 38.1 Å². The van der Waals surface area contributed by atoms with Gasteiger partial charge in [0.25, 0.3) is 5.91 Å². The van der Waals surface area contributed by atoms with E-state index in [0.29, 0.717) is 11.3 Å². The van der Waals surface area contributed by atoms with Crippen LogP contribution in [0, 0.1) is 11.3 Å². The molecule has 1 aromatic rings. The lowest BCUT2D eigenvalue weighted by Crippen LogP contribution is -2.44. The number of nitrogens with one attached hydrogen (secondary N) is 2. The van der Waals surface area contributed by atoms with Gasteiger partial charge in [0, 0.05) is 6.04 Å². The first-order chi connectivity index (χ1) is 9.01. The molecule has 0 atom stereocenters. The van der Waals surface area contributed by atoms with E-state index in [9.17, 15) is 9.59 Å². The van der Waals surface area contributed by atoms with Crippen molar-refractivity contribution in [3.63, 3.8) is 0 Å². The maximum absolute atomic E-state index is 11.4. The molecule has 0 aliphatic rings. The molecule has 0 saturated carbocycles. The summed E-state index contributed by atoms with van der Waals surface area (Å²) in [5.74, 6) is -0.0825. The number of nitrogens with zero attached hydrogens (tertiary/aromatic N) is 1. The molecule has 1 rings (SSSR count). The number of hydrogen-bond acceptors (Lipinski definition) is 4. The van der Waals surface area contributed by atoms with E-state index >= 15 is 0 Å². The van der Waals surface area contributed by atoms with Crippen LogP contribution in [0.1, 0.15) is 19.4 Å². The summed E-state index contributed by atoms with van der Waals surface area (Å²) >= 11 is 0. The van der Waals surface area contributed by atoms with E-state index in [1.807, 2.05) is 6.07 Å². The van der Waals surface area contributed by atoms with E-state index in [4.69, 9.17) is 10.00 Å². The Hall–Kier alpha value is -2.55. The van der Waals surface area contributed by atoms with Crippen molar-refractivity contribution in [3.05, 3.63) is 29.8 Å². The molecule has 0 bridgehead atoms. The van der Waals surface area contributed by atoms with Crippen LogP contribution in [0.25, 0.3) is 0 Å². The topological polar surface area (TPSA) is 91.2 Å². The fraction of sp³-hybridized carbons (Fsp3) is 0.308. The SMILES string of the molecule is CC(C)NC(=O)NC(=O)COc1ccc(C#N)cc1. The Morgan fingerprint density at radius 2 is 1.95 bits per heavy atom. The average Bonchev–Trinajstić information content (AvgIpc) is 2.36. The number of imide groups is 1. The molecule has 2 N–H and O–H groups in total. The van der Waals surface area contributed by atoms with E-state index in [-0.39, 0.29) is 12.6 Å². The second kappa shape index (κ2) is 7.01. The van der Waals surface area contributed by atoms with E-state index in [2.05, 4.69) is 10.6 Å². The zero-order valence-corrected chi connectivity index (χ0v) is 10.8. The first-order valence-corrected chi connectivity index (χ1v) is 5.74. The lowest BCUT2D eigenvalue weighted by Gasteiger charge is -2.09. The van der Waals surface area contributed by atoms with Crippen LogP contribution in [0.4, 0.5) is 4.79 Å². The number of amides is 3. The van der Waals surface area contributed by atoms with Crippen molar-refractivity contribution in [2.24, 2.45) is 0 Å². The molecule has 0 spiro atoms. The Labute approximate surface area is 111 Å². The van der Waals surface area contributed by atoms with Gasteiger partial charge in [0.1, 0.15) is 5.75 Å². The van der Waals surface area contributed by atoms with E-state index in [0.717, 1.165) is 0 Å². The highest BCUT2D eigenvalue weighted by molar-refractivity contribution is 5.95. The fourth-order valence-electron chi connectivity index (χ4n) is 1.24. The summed E-state index contributed by atoms with van der Waals surface area (Å²) in [5, 5.41) is 13.3. The first-order valence-electron chi connectivity index (χ1n) is 5.74. The average molecular weight is 261 g/mol. The summed E-state index contributed by atoms with van der Waals surface area (Å²) in [6.45, 7) is 3.31. The van der Waals surface area contributed by atoms with Crippen molar-refractivity contribution in [1.29, 1.82) is 5.26 Å². The van der Waals surface area contributed by atoms with Crippen molar-refractivity contribution in [2.45, 2.75) is 19.9 Å².